The lowest BCUT2D eigenvalue weighted by Crippen LogP contribution is -2.06. The van der Waals surface area contributed by atoms with Crippen molar-refractivity contribution in [3.8, 4) is 11.5 Å². The van der Waals surface area contributed by atoms with Crippen molar-refractivity contribution < 1.29 is 9.84 Å². The van der Waals surface area contributed by atoms with Gasteiger partial charge < -0.3 is 9.84 Å². The lowest BCUT2D eigenvalue weighted by atomic mass is 9.86. The number of fused-ring (bicyclic) bond motifs is 2. The lowest BCUT2D eigenvalue weighted by Gasteiger charge is -2.20. The van der Waals surface area contributed by atoms with Crippen LogP contribution in [0.3, 0.4) is 0 Å². The van der Waals surface area contributed by atoms with Crippen LogP contribution < -0.4 is 4.74 Å². The maximum Gasteiger partial charge on any atom is 0.127 e. The molecular weight excluding hydrogens is 462 g/mol. The van der Waals surface area contributed by atoms with Gasteiger partial charge >= 0.3 is 0 Å². The molecule has 0 saturated carbocycles. The third-order valence-corrected chi connectivity index (χ3v) is 7.59. The number of ether oxygens (including phenoxy) is 1. The van der Waals surface area contributed by atoms with Crippen molar-refractivity contribution in [1.82, 2.24) is 4.98 Å². The molecule has 0 bridgehead atoms. The number of phenols is 1. The van der Waals surface area contributed by atoms with Crippen molar-refractivity contribution in [2.75, 3.05) is 0 Å². The number of rotatable bonds is 7. The summed E-state index contributed by atoms with van der Waals surface area (Å²) < 4.78 is 7.32. The molecule has 1 N–H and O–H groups in total. The molecule has 1 heterocycles. The molecule has 0 spiro atoms. The SMILES string of the molecule is Oc1c(C(Cc2nc3ccccc3s2)c2cccc(OCc3ccccc3)c2)ccc2ccccc12. The maximum atomic E-state index is 11.4. The Bertz CT molecular complexity index is 1610. The third kappa shape index (κ3) is 4.56. The Hall–Kier alpha value is -4.15. The van der Waals surface area contributed by atoms with Gasteiger partial charge in [0.1, 0.15) is 18.1 Å². The summed E-state index contributed by atoms with van der Waals surface area (Å²) in [5, 5.41) is 14.3. The lowest BCUT2D eigenvalue weighted by molar-refractivity contribution is 0.306. The standard InChI is InChI=1S/C32H25NO2S/c34-32-26-14-5-4-11-23(26)17-18-27(32)28(20-31-33-29-15-6-7-16-30(29)36-31)24-12-8-13-25(19-24)35-21-22-9-2-1-3-10-22/h1-19,28,34H,20-21H2. The number of hydrogen-bond acceptors (Lipinski definition) is 4. The highest BCUT2D eigenvalue weighted by Crippen LogP contribution is 2.40. The molecule has 3 nitrogen and oxygen atoms in total. The summed E-state index contributed by atoms with van der Waals surface area (Å²) >= 11 is 1.71. The molecule has 1 aromatic heterocycles. The number of hydrogen-bond donors (Lipinski definition) is 1. The van der Waals surface area contributed by atoms with Crippen LogP contribution in [0, 0.1) is 0 Å². The number of thiazole rings is 1. The van der Waals surface area contributed by atoms with Crippen LogP contribution in [0.5, 0.6) is 11.5 Å². The highest BCUT2D eigenvalue weighted by Gasteiger charge is 2.22. The van der Waals surface area contributed by atoms with E-state index < -0.39 is 0 Å². The van der Waals surface area contributed by atoms with E-state index in [9.17, 15) is 5.11 Å². The van der Waals surface area contributed by atoms with Gasteiger partial charge in [0.05, 0.1) is 15.2 Å². The van der Waals surface area contributed by atoms with Crippen molar-refractivity contribution >= 4 is 32.3 Å². The van der Waals surface area contributed by atoms with E-state index in [0.29, 0.717) is 18.8 Å². The summed E-state index contributed by atoms with van der Waals surface area (Å²) in [6.45, 7) is 0.508. The van der Waals surface area contributed by atoms with Crippen LogP contribution in [0.15, 0.2) is 115 Å². The van der Waals surface area contributed by atoms with Gasteiger partial charge in [0, 0.05) is 23.3 Å². The van der Waals surface area contributed by atoms with E-state index in [0.717, 1.165) is 43.7 Å². The van der Waals surface area contributed by atoms with Crippen LogP contribution in [0.2, 0.25) is 0 Å². The topological polar surface area (TPSA) is 42.4 Å². The number of phenolic OH excluding ortho intramolecular Hbond substituents is 1. The maximum absolute atomic E-state index is 11.4. The number of nitrogens with zero attached hydrogens (tertiary/aromatic N) is 1. The molecule has 0 fully saturated rings. The van der Waals surface area contributed by atoms with Gasteiger partial charge in [0.15, 0.2) is 0 Å². The molecule has 4 heteroatoms. The summed E-state index contributed by atoms with van der Waals surface area (Å²) in [5.74, 6) is 1.07. The van der Waals surface area contributed by atoms with Crippen LogP contribution in [-0.4, -0.2) is 10.1 Å². The van der Waals surface area contributed by atoms with Gasteiger partial charge in [0.25, 0.3) is 0 Å². The van der Waals surface area contributed by atoms with Crippen molar-refractivity contribution in [2.24, 2.45) is 0 Å². The summed E-state index contributed by atoms with van der Waals surface area (Å²) in [6.07, 6.45) is 0.688. The molecule has 1 unspecified atom stereocenters. The first kappa shape index (κ1) is 22.3. The second-order valence-electron chi connectivity index (χ2n) is 8.90. The second kappa shape index (κ2) is 9.84. The molecule has 6 rings (SSSR count). The Morgan fingerprint density at radius 3 is 2.47 bits per heavy atom. The second-order valence-corrected chi connectivity index (χ2v) is 10.0. The van der Waals surface area contributed by atoms with E-state index in [1.54, 1.807) is 11.3 Å². The van der Waals surface area contributed by atoms with Gasteiger partial charge in [-0.2, -0.15) is 0 Å². The minimum atomic E-state index is -0.0737. The Morgan fingerprint density at radius 2 is 1.58 bits per heavy atom. The highest BCUT2D eigenvalue weighted by atomic mass is 32.1. The van der Waals surface area contributed by atoms with Gasteiger partial charge in [-0.25, -0.2) is 4.98 Å². The predicted molar refractivity (Wildman–Crippen MR) is 148 cm³/mol. The zero-order chi connectivity index (χ0) is 24.3. The average Bonchev–Trinajstić information content (AvgIpc) is 3.35. The summed E-state index contributed by atoms with van der Waals surface area (Å²) in [4.78, 5) is 4.90. The first-order valence-electron chi connectivity index (χ1n) is 12.1. The van der Waals surface area contributed by atoms with Gasteiger partial charge in [-0.1, -0.05) is 91.0 Å². The van der Waals surface area contributed by atoms with Crippen LogP contribution in [0.4, 0.5) is 0 Å². The van der Waals surface area contributed by atoms with Gasteiger partial charge in [-0.15, -0.1) is 11.3 Å². The van der Waals surface area contributed by atoms with Crippen molar-refractivity contribution in [3.05, 3.63) is 137 Å². The molecule has 0 aliphatic heterocycles. The fourth-order valence-electron chi connectivity index (χ4n) is 4.70. The normalized spacial score (nSPS) is 12.1. The summed E-state index contributed by atoms with van der Waals surface area (Å²) in [7, 11) is 0. The molecule has 5 aromatic carbocycles. The molecule has 6 aromatic rings. The third-order valence-electron chi connectivity index (χ3n) is 6.53. The molecule has 0 amide bonds. The Labute approximate surface area is 214 Å². The molecule has 0 aliphatic rings. The van der Waals surface area contributed by atoms with E-state index >= 15 is 0 Å². The number of benzene rings is 5. The van der Waals surface area contributed by atoms with E-state index in [1.807, 2.05) is 72.8 Å². The number of para-hydroxylation sites is 1. The summed E-state index contributed by atoms with van der Waals surface area (Å²) in [6, 6.07) is 38.7. The molecule has 176 valence electrons. The minimum absolute atomic E-state index is 0.0737. The van der Waals surface area contributed by atoms with E-state index in [-0.39, 0.29) is 5.92 Å². The van der Waals surface area contributed by atoms with Gasteiger partial charge in [0.2, 0.25) is 0 Å². The predicted octanol–water partition coefficient (Wildman–Crippen LogP) is 8.11. The van der Waals surface area contributed by atoms with Crippen molar-refractivity contribution in [1.29, 1.82) is 0 Å². The molecule has 36 heavy (non-hydrogen) atoms. The van der Waals surface area contributed by atoms with Gasteiger partial charge in [-0.05, 0) is 40.8 Å². The van der Waals surface area contributed by atoms with Crippen molar-refractivity contribution in [2.45, 2.75) is 18.9 Å². The highest BCUT2D eigenvalue weighted by molar-refractivity contribution is 7.18. The van der Waals surface area contributed by atoms with Crippen LogP contribution in [0.1, 0.15) is 27.6 Å². The molecule has 1 atom stereocenters. The quantitative estimate of drug-likeness (QED) is 0.247. The zero-order valence-corrected chi connectivity index (χ0v) is 20.5. The van der Waals surface area contributed by atoms with Crippen LogP contribution in [0.25, 0.3) is 21.0 Å². The minimum Gasteiger partial charge on any atom is -0.507 e. The molecule has 0 saturated heterocycles. The Kier molecular flexibility index (Phi) is 6.10. The fraction of sp³-hybridized carbons (Fsp3) is 0.0938. The number of aromatic hydroxyl groups is 1. The first-order chi connectivity index (χ1) is 17.7. The monoisotopic (exact) mass is 487 g/mol. The average molecular weight is 488 g/mol. The van der Waals surface area contributed by atoms with Crippen LogP contribution >= 0.6 is 11.3 Å². The first-order valence-corrected chi connectivity index (χ1v) is 12.9. The van der Waals surface area contributed by atoms with Crippen molar-refractivity contribution in [3.63, 3.8) is 0 Å². The molecule has 0 radical (unpaired) electrons. The smallest absolute Gasteiger partial charge is 0.127 e. The van der Waals surface area contributed by atoms with Gasteiger partial charge in [-0.3, -0.25) is 0 Å². The van der Waals surface area contributed by atoms with E-state index in [2.05, 4.69) is 42.5 Å². The summed E-state index contributed by atoms with van der Waals surface area (Å²) in [5.41, 5.74) is 4.12. The zero-order valence-electron chi connectivity index (χ0n) is 19.7. The van der Waals surface area contributed by atoms with Crippen LogP contribution in [-0.2, 0) is 13.0 Å². The number of aromatic nitrogens is 1. The van der Waals surface area contributed by atoms with E-state index in [4.69, 9.17) is 9.72 Å². The Balaban J connectivity index is 1.39. The molecule has 0 aliphatic carbocycles. The fourth-order valence-corrected chi connectivity index (χ4v) is 5.72. The largest absolute Gasteiger partial charge is 0.507 e. The van der Waals surface area contributed by atoms with E-state index in [1.165, 1.54) is 4.70 Å². The Morgan fingerprint density at radius 1 is 0.778 bits per heavy atom. The molecular formula is C32H25NO2S.